The van der Waals surface area contributed by atoms with Crippen LogP contribution in [0.4, 0.5) is 5.82 Å². The van der Waals surface area contributed by atoms with E-state index in [1.54, 1.807) is 23.6 Å². The zero-order valence-electron chi connectivity index (χ0n) is 17.1. The molecule has 7 nitrogen and oxygen atoms in total. The zero-order valence-corrected chi connectivity index (χ0v) is 17.9. The molecule has 0 spiro atoms. The minimum absolute atomic E-state index is 0.0514. The van der Waals surface area contributed by atoms with Gasteiger partial charge in [0.1, 0.15) is 11.6 Å². The molecule has 4 rings (SSSR count). The number of methoxy groups -OCH3 is 1. The molecule has 1 N–H and O–H groups in total. The highest BCUT2D eigenvalue weighted by Gasteiger charge is 2.34. The third-order valence-electron chi connectivity index (χ3n) is 4.90. The molecule has 2 aromatic heterocycles. The number of aromatic nitrogens is 4. The lowest BCUT2D eigenvalue weighted by atomic mass is 10.0. The molecule has 29 heavy (non-hydrogen) atoms. The Hall–Kier alpha value is -2.87. The second-order valence-electron chi connectivity index (χ2n) is 7.13. The van der Waals surface area contributed by atoms with E-state index in [9.17, 15) is 4.79 Å². The van der Waals surface area contributed by atoms with Gasteiger partial charge in [-0.25, -0.2) is 9.97 Å². The number of carbonyl (C=O) groups excluding carboxylic acids is 1. The first-order chi connectivity index (χ1) is 13.9. The van der Waals surface area contributed by atoms with Gasteiger partial charge in [-0.15, -0.1) is 11.8 Å². The fourth-order valence-corrected chi connectivity index (χ4v) is 4.82. The van der Waals surface area contributed by atoms with Gasteiger partial charge >= 0.3 is 0 Å². The van der Waals surface area contributed by atoms with E-state index in [2.05, 4.69) is 15.3 Å². The fraction of sp³-hybridized carbons (Fsp3) is 0.333. The Morgan fingerprint density at radius 3 is 2.38 bits per heavy atom. The summed E-state index contributed by atoms with van der Waals surface area (Å²) in [6, 6.07) is 9.86. The van der Waals surface area contributed by atoms with Crippen molar-refractivity contribution in [3.8, 4) is 11.7 Å². The molecule has 2 unspecified atom stereocenters. The van der Waals surface area contributed by atoms with Crippen molar-refractivity contribution >= 4 is 23.5 Å². The maximum absolute atomic E-state index is 12.7. The summed E-state index contributed by atoms with van der Waals surface area (Å²) in [5.74, 6) is 1.83. The number of fused-ring (bicyclic) bond motifs is 1. The molecular formula is C21H23N5O2S. The maximum Gasteiger partial charge on any atom is 0.252 e. The predicted octanol–water partition coefficient (Wildman–Crippen LogP) is 3.76. The van der Waals surface area contributed by atoms with Crippen LogP contribution in [0.1, 0.15) is 40.4 Å². The number of ether oxygens (including phenoxy) is 1. The molecule has 8 heteroatoms. The van der Waals surface area contributed by atoms with Gasteiger partial charge in [0.05, 0.1) is 23.3 Å². The number of aryl methyl sites for hydroxylation is 3. The molecule has 1 aliphatic rings. The number of rotatable bonds is 3. The first-order valence-corrected chi connectivity index (χ1v) is 10.3. The molecule has 3 aromatic rings. The Balaban J connectivity index is 1.89. The standard InChI is InChI=1S/C21H23N5O2S/c1-11-10-12(2)23-21(22-11)26-19-17(13(3)25-26)18(29-14(4)20(27)24-19)15-6-8-16(28-5)9-7-15/h6-10,14,18H,1-5H3,(H,24,27). The van der Waals surface area contributed by atoms with Gasteiger partial charge < -0.3 is 10.1 Å². The summed E-state index contributed by atoms with van der Waals surface area (Å²) >= 11 is 1.61. The van der Waals surface area contributed by atoms with Crippen molar-refractivity contribution in [2.45, 2.75) is 38.2 Å². The number of nitrogens with zero attached hydrogens (tertiary/aromatic N) is 4. The number of hydrogen-bond donors (Lipinski definition) is 1. The topological polar surface area (TPSA) is 81.9 Å². The average molecular weight is 410 g/mol. The number of hydrogen-bond acceptors (Lipinski definition) is 6. The first-order valence-electron chi connectivity index (χ1n) is 9.40. The molecule has 0 saturated heterocycles. The number of thioether (sulfide) groups is 1. The van der Waals surface area contributed by atoms with Crippen LogP contribution in [0.2, 0.25) is 0 Å². The first kappa shape index (κ1) is 19.4. The highest BCUT2D eigenvalue weighted by atomic mass is 32.2. The van der Waals surface area contributed by atoms with Crippen molar-refractivity contribution in [3.05, 3.63) is 58.5 Å². The Kier molecular flexibility index (Phi) is 5.04. The molecule has 0 aliphatic carbocycles. The van der Waals surface area contributed by atoms with Crippen LogP contribution in [0, 0.1) is 20.8 Å². The molecule has 1 aliphatic heterocycles. The van der Waals surface area contributed by atoms with E-state index in [0.717, 1.165) is 34.0 Å². The number of benzene rings is 1. The minimum atomic E-state index is -0.220. The van der Waals surface area contributed by atoms with Gasteiger partial charge in [-0.2, -0.15) is 9.78 Å². The quantitative estimate of drug-likeness (QED) is 0.709. The van der Waals surface area contributed by atoms with Crippen LogP contribution in [0.15, 0.2) is 30.3 Å². The van der Waals surface area contributed by atoms with Crippen LogP contribution in [0.25, 0.3) is 5.95 Å². The van der Waals surface area contributed by atoms with Crippen LogP contribution >= 0.6 is 11.8 Å². The van der Waals surface area contributed by atoms with Crippen molar-refractivity contribution in [2.24, 2.45) is 0 Å². The summed E-state index contributed by atoms with van der Waals surface area (Å²) in [6.07, 6.45) is 0. The highest BCUT2D eigenvalue weighted by Crippen LogP contribution is 2.46. The second kappa shape index (κ2) is 7.51. The largest absolute Gasteiger partial charge is 0.497 e. The molecule has 1 amide bonds. The summed E-state index contributed by atoms with van der Waals surface area (Å²) in [7, 11) is 1.65. The van der Waals surface area contributed by atoms with Crippen molar-refractivity contribution in [2.75, 3.05) is 12.4 Å². The third kappa shape index (κ3) is 3.60. The van der Waals surface area contributed by atoms with E-state index in [4.69, 9.17) is 9.84 Å². The minimum Gasteiger partial charge on any atom is -0.497 e. The van der Waals surface area contributed by atoms with Gasteiger partial charge in [0.25, 0.3) is 5.95 Å². The number of nitrogens with one attached hydrogen (secondary N) is 1. The van der Waals surface area contributed by atoms with Crippen molar-refractivity contribution < 1.29 is 9.53 Å². The molecular weight excluding hydrogens is 386 g/mol. The Morgan fingerprint density at radius 1 is 1.10 bits per heavy atom. The van der Waals surface area contributed by atoms with Crippen molar-refractivity contribution in [3.63, 3.8) is 0 Å². The van der Waals surface area contributed by atoms with Gasteiger partial charge in [-0.05, 0) is 51.5 Å². The molecule has 1 aromatic carbocycles. The Bertz CT molecular complexity index is 1060. The molecule has 0 fully saturated rings. The van der Waals surface area contributed by atoms with Gasteiger partial charge in [-0.3, -0.25) is 4.79 Å². The smallest absolute Gasteiger partial charge is 0.252 e. The normalized spacial score (nSPS) is 18.7. The summed E-state index contributed by atoms with van der Waals surface area (Å²) < 4.78 is 6.94. The summed E-state index contributed by atoms with van der Waals surface area (Å²) in [5, 5.41) is 7.48. The molecule has 0 saturated carbocycles. The Labute approximate surface area is 173 Å². The van der Waals surface area contributed by atoms with Gasteiger partial charge in [0, 0.05) is 17.0 Å². The van der Waals surface area contributed by atoms with Crippen molar-refractivity contribution in [1.29, 1.82) is 0 Å². The van der Waals surface area contributed by atoms with E-state index in [1.165, 1.54) is 0 Å². The maximum atomic E-state index is 12.7. The van der Waals surface area contributed by atoms with E-state index in [0.29, 0.717) is 11.8 Å². The van der Waals surface area contributed by atoms with Gasteiger partial charge in [0.15, 0.2) is 0 Å². The molecule has 2 atom stereocenters. The third-order valence-corrected chi connectivity index (χ3v) is 6.30. The van der Waals surface area contributed by atoms with Crippen LogP contribution in [0.3, 0.4) is 0 Å². The fourth-order valence-electron chi connectivity index (χ4n) is 3.50. The number of carbonyl (C=O) groups is 1. The van der Waals surface area contributed by atoms with Crippen LogP contribution in [-0.4, -0.2) is 38.0 Å². The molecule has 0 bridgehead atoms. The highest BCUT2D eigenvalue weighted by molar-refractivity contribution is 8.01. The average Bonchev–Trinajstić information content (AvgIpc) is 2.94. The van der Waals surface area contributed by atoms with E-state index in [1.807, 2.05) is 58.0 Å². The molecule has 150 valence electrons. The second-order valence-corrected chi connectivity index (χ2v) is 8.58. The van der Waals surface area contributed by atoms with Crippen LogP contribution < -0.4 is 10.1 Å². The summed E-state index contributed by atoms with van der Waals surface area (Å²) in [5.41, 5.74) is 4.60. The zero-order chi connectivity index (χ0) is 20.7. The van der Waals surface area contributed by atoms with Crippen LogP contribution in [0.5, 0.6) is 5.75 Å². The Morgan fingerprint density at radius 2 is 1.76 bits per heavy atom. The number of anilines is 1. The van der Waals surface area contributed by atoms with Gasteiger partial charge in [-0.1, -0.05) is 12.1 Å². The van der Waals surface area contributed by atoms with E-state index in [-0.39, 0.29) is 16.4 Å². The predicted molar refractivity (Wildman–Crippen MR) is 114 cm³/mol. The lowest BCUT2D eigenvalue weighted by molar-refractivity contribution is -0.115. The van der Waals surface area contributed by atoms with Gasteiger partial charge in [0.2, 0.25) is 5.91 Å². The number of amides is 1. The monoisotopic (exact) mass is 409 g/mol. The molecule has 0 radical (unpaired) electrons. The van der Waals surface area contributed by atoms with E-state index < -0.39 is 0 Å². The van der Waals surface area contributed by atoms with Crippen molar-refractivity contribution in [1.82, 2.24) is 19.7 Å². The van der Waals surface area contributed by atoms with E-state index >= 15 is 0 Å². The van der Waals surface area contributed by atoms with Crippen LogP contribution in [-0.2, 0) is 4.79 Å². The lowest BCUT2D eigenvalue weighted by Gasteiger charge is -2.17. The summed E-state index contributed by atoms with van der Waals surface area (Å²) in [4.78, 5) is 21.8. The SMILES string of the molecule is COc1ccc(C2SC(C)C(=O)Nc3c2c(C)nn3-c2nc(C)cc(C)n2)cc1. The molecule has 3 heterocycles. The summed E-state index contributed by atoms with van der Waals surface area (Å²) in [6.45, 7) is 7.72. The lowest BCUT2D eigenvalue weighted by Crippen LogP contribution is -2.23.